The van der Waals surface area contributed by atoms with E-state index in [2.05, 4.69) is 24.8 Å². The Kier molecular flexibility index (Phi) is 5.91. The lowest BCUT2D eigenvalue weighted by atomic mass is 10.0. The Morgan fingerprint density at radius 3 is 2.94 bits per heavy atom. The maximum Gasteiger partial charge on any atom is 0.356 e. The largest absolute Gasteiger partial charge is 0.493 e. The van der Waals surface area contributed by atoms with Gasteiger partial charge in [0.25, 0.3) is 5.56 Å². The van der Waals surface area contributed by atoms with Crippen LogP contribution in [0.25, 0.3) is 11.0 Å². The molecule has 4 heterocycles. The SMILES string of the molecule is CCc1nc2cc3c(c(F)c2[nH]c1=O)CN1CCN(c2ccc(C(=O)OC)nc2)C[C@@H]1CCO3. The molecule has 0 aliphatic carbocycles. The average molecular weight is 468 g/mol. The molecule has 0 saturated carbocycles. The summed E-state index contributed by atoms with van der Waals surface area (Å²) in [6.45, 7) is 4.85. The molecular weight excluding hydrogens is 441 g/mol. The lowest BCUT2D eigenvalue weighted by Crippen LogP contribution is -2.53. The van der Waals surface area contributed by atoms with E-state index in [1.807, 2.05) is 13.0 Å². The highest BCUT2D eigenvalue weighted by molar-refractivity contribution is 5.87. The molecule has 3 aromatic rings. The summed E-state index contributed by atoms with van der Waals surface area (Å²) in [5.41, 5.74) is 2.17. The van der Waals surface area contributed by atoms with E-state index < -0.39 is 11.8 Å². The minimum absolute atomic E-state index is 0.122. The van der Waals surface area contributed by atoms with Gasteiger partial charge in [0.15, 0.2) is 5.82 Å². The highest BCUT2D eigenvalue weighted by atomic mass is 19.1. The highest BCUT2D eigenvalue weighted by Crippen LogP contribution is 2.33. The van der Waals surface area contributed by atoms with Crippen molar-refractivity contribution in [3.8, 4) is 5.75 Å². The predicted molar refractivity (Wildman–Crippen MR) is 124 cm³/mol. The number of nitrogens with zero attached hydrogens (tertiary/aromatic N) is 4. The molecule has 178 valence electrons. The van der Waals surface area contributed by atoms with E-state index in [1.54, 1.807) is 18.3 Å². The number of ether oxygens (including phenoxy) is 2. The number of rotatable bonds is 3. The number of fused-ring (bicyclic) bond motifs is 3. The molecule has 9 nitrogen and oxygen atoms in total. The number of halogens is 1. The Hall–Kier alpha value is -3.53. The zero-order valence-electron chi connectivity index (χ0n) is 19.1. The van der Waals surface area contributed by atoms with Crippen LogP contribution in [0.2, 0.25) is 0 Å². The number of hydrogen-bond donors (Lipinski definition) is 1. The summed E-state index contributed by atoms with van der Waals surface area (Å²) in [6, 6.07) is 5.40. The normalized spacial score (nSPS) is 18.4. The number of piperazine rings is 1. The van der Waals surface area contributed by atoms with Crippen LogP contribution in [0.15, 0.2) is 29.2 Å². The van der Waals surface area contributed by atoms with Crippen LogP contribution in [-0.4, -0.2) is 65.2 Å². The number of hydrogen-bond acceptors (Lipinski definition) is 8. The van der Waals surface area contributed by atoms with Gasteiger partial charge in [0, 0.05) is 43.9 Å². The van der Waals surface area contributed by atoms with Gasteiger partial charge in [0.1, 0.15) is 22.7 Å². The van der Waals surface area contributed by atoms with Crippen LogP contribution in [0.5, 0.6) is 5.75 Å². The fraction of sp³-hybridized carbons (Fsp3) is 0.417. The molecule has 2 aliphatic rings. The molecule has 0 bridgehead atoms. The topological polar surface area (TPSA) is 101 Å². The van der Waals surface area contributed by atoms with Crippen LogP contribution in [0.3, 0.4) is 0 Å². The number of aromatic amines is 1. The Morgan fingerprint density at radius 2 is 2.21 bits per heavy atom. The number of anilines is 1. The van der Waals surface area contributed by atoms with Crippen LogP contribution < -0.4 is 15.2 Å². The first-order valence-corrected chi connectivity index (χ1v) is 11.4. The number of H-pyrrole nitrogens is 1. The number of aromatic nitrogens is 3. The number of methoxy groups -OCH3 is 1. The van der Waals surface area contributed by atoms with Gasteiger partial charge in [-0.1, -0.05) is 6.92 Å². The number of nitrogens with one attached hydrogen (secondary N) is 1. The fourth-order valence-electron chi connectivity index (χ4n) is 4.68. The first-order chi connectivity index (χ1) is 16.5. The first-order valence-electron chi connectivity index (χ1n) is 11.4. The van der Waals surface area contributed by atoms with Crippen LogP contribution in [0.1, 0.15) is 35.1 Å². The zero-order chi connectivity index (χ0) is 23.8. The highest BCUT2D eigenvalue weighted by Gasteiger charge is 2.31. The molecule has 34 heavy (non-hydrogen) atoms. The van der Waals surface area contributed by atoms with Gasteiger partial charge >= 0.3 is 5.97 Å². The minimum atomic E-state index is -0.481. The zero-order valence-corrected chi connectivity index (χ0v) is 19.1. The van der Waals surface area contributed by atoms with Gasteiger partial charge in [-0.05, 0) is 25.0 Å². The molecule has 1 saturated heterocycles. The smallest absolute Gasteiger partial charge is 0.356 e. The monoisotopic (exact) mass is 467 g/mol. The lowest BCUT2D eigenvalue weighted by molar-refractivity contribution is 0.0594. The summed E-state index contributed by atoms with van der Waals surface area (Å²) in [6.07, 6.45) is 2.93. The van der Waals surface area contributed by atoms with Crippen LogP contribution in [-0.2, 0) is 17.7 Å². The Balaban J connectivity index is 1.39. The number of pyridine rings is 1. The summed E-state index contributed by atoms with van der Waals surface area (Å²) in [5, 5.41) is 0. The van der Waals surface area contributed by atoms with Crippen LogP contribution in [0, 0.1) is 5.82 Å². The summed E-state index contributed by atoms with van der Waals surface area (Å²) < 4.78 is 26.2. The Morgan fingerprint density at radius 1 is 1.35 bits per heavy atom. The third-order valence-electron chi connectivity index (χ3n) is 6.58. The van der Waals surface area contributed by atoms with Crippen molar-refractivity contribution < 1.29 is 18.7 Å². The Labute approximate surface area is 195 Å². The average Bonchev–Trinajstić information content (AvgIpc) is 2.85. The second-order valence-electron chi connectivity index (χ2n) is 8.53. The van der Waals surface area contributed by atoms with Crippen molar-refractivity contribution in [2.24, 2.45) is 0 Å². The van der Waals surface area contributed by atoms with E-state index in [9.17, 15) is 9.59 Å². The van der Waals surface area contributed by atoms with Crippen molar-refractivity contribution in [1.29, 1.82) is 0 Å². The molecule has 1 fully saturated rings. The van der Waals surface area contributed by atoms with Crippen molar-refractivity contribution >= 4 is 22.7 Å². The van der Waals surface area contributed by atoms with Crippen molar-refractivity contribution in [2.75, 3.05) is 38.3 Å². The summed E-state index contributed by atoms with van der Waals surface area (Å²) in [5.74, 6) is -0.468. The van der Waals surface area contributed by atoms with E-state index in [0.717, 1.165) is 31.7 Å². The molecular formula is C24H26FN5O4. The van der Waals surface area contributed by atoms with Crippen LogP contribution in [0.4, 0.5) is 10.1 Å². The lowest BCUT2D eigenvalue weighted by Gasteiger charge is -2.43. The maximum atomic E-state index is 15.5. The van der Waals surface area contributed by atoms with Gasteiger partial charge in [-0.2, -0.15) is 0 Å². The van der Waals surface area contributed by atoms with Crippen molar-refractivity contribution in [1.82, 2.24) is 19.9 Å². The minimum Gasteiger partial charge on any atom is -0.493 e. The summed E-state index contributed by atoms with van der Waals surface area (Å²) in [7, 11) is 1.33. The van der Waals surface area contributed by atoms with Crippen molar-refractivity contribution in [3.63, 3.8) is 0 Å². The van der Waals surface area contributed by atoms with Gasteiger partial charge in [0.05, 0.1) is 31.1 Å². The van der Waals surface area contributed by atoms with E-state index >= 15 is 4.39 Å². The van der Waals surface area contributed by atoms with Crippen molar-refractivity contribution in [2.45, 2.75) is 32.4 Å². The molecule has 2 aromatic heterocycles. The second kappa shape index (κ2) is 9.02. The number of carbonyl (C=O) groups excluding carboxylic acids is 1. The first kappa shape index (κ1) is 22.3. The maximum absolute atomic E-state index is 15.5. The second-order valence-corrected chi connectivity index (χ2v) is 8.53. The van der Waals surface area contributed by atoms with Gasteiger partial charge in [-0.3, -0.25) is 9.69 Å². The molecule has 0 amide bonds. The molecule has 0 unspecified atom stereocenters. The number of benzene rings is 1. The predicted octanol–water partition coefficient (Wildman–Crippen LogP) is 2.28. The molecule has 5 rings (SSSR count). The van der Waals surface area contributed by atoms with Crippen LogP contribution >= 0.6 is 0 Å². The molecule has 2 aliphatic heterocycles. The van der Waals surface area contributed by atoms with Gasteiger partial charge in [0.2, 0.25) is 0 Å². The van der Waals surface area contributed by atoms with Gasteiger partial charge < -0.3 is 19.4 Å². The molecule has 10 heteroatoms. The summed E-state index contributed by atoms with van der Waals surface area (Å²) in [4.78, 5) is 39.6. The molecule has 1 aromatic carbocycles. The molecule has 0 spiro atoms. The quantitative estimate of drug-likeness (QED) is 0.586. The number of carbonyl (C=O) groups is 1. The number of esters is 1. The molecule has 1 atom stereocenters. The van der Waals surface area contributed by atoms with E-state index in [-0.39, 0.29) is 22.8 Å². The van der Waals surface area contributed by atoms with E-state index in [0.29, 0.717) is 42.1 Å². The van der Waals surface area contributed by atoms with E-state index in [1.165, 1.54) is 7.11 Å². The molecule has 0 radical (unpaired) electrons. The van der Waals surface area contributed by atoms with Crippen molar-refractivity contribution in [3.05, 3.63) is 57.5 Å². The summed E-state index contributed by atoms with van der Waals surface area (Å²) >= 11 is 0. The van der Waals surface area contributed by atoms with E-state index in [4.69, 9.17) is 9.47 Å². The third kappa shape index (κ3) is 3.98. The van der Waals surface area contributed by atoms with Gasteiger partial charge in [-0.15, -0.1) is 0 Å². The number of aryl methyl sites for hydroxylation is 1. The standard InChI is InChI=1S/C24H26FN5O4/c1-3-17-23(31)28-22-19(27-17)10-20-16(21(22)25)13-30-8-7-29(12-15(30)6-9-34-20)14-4-5-18(26-11-14)24(32)33-2/h4-5,10-11,15H,3,6-9,12-13H2,1-2H3,(H,28,31)/t15-/m0/s1. The van der Waals surface area contributed by atoms with Gasteiger partial charge in [-0.25, -0.2) is 19.2 Å². The molecule has 1 N–H and O–H groups in total. The third-order valence-corrected chi connectivity index (χ3v) is 6.58. The Bertz CT molecular complexity index is 1290. The fourth-order valence-corrected chi connectivity index (χ4v) is 4.68.